The highest BCUT2D eigenvalue weighted by atomic mass is 32.1. The number of nitrogens with one attached hydrogen (secondary N) is 2. The average Bonchev–Trinajstić information content (AvgIpc) is 3.03. The topological polar surface area (TPSA) is 93.4 Å². The molecule has 1 aliphatic rings. The molecule has 0 fully saturated rings. The summed E-state index contributed by atoms with van der Waals surface area (Å²) >= 11 is 6.76. The highest BCUT2D eigenvalue weighted by Crippen LogP contribution is 2.44. The van der Waals surface area contributed by atoms with Crippen LogP contribution in [0.4, 0.5) is 5.00 Å². The predicted octanol–water partition coefficient (Wildman–Crippen LogP) is 3.89. The van der Waals surface area contributed by atoms with Crippen molar-refractivity contribution in [3.63, 3.8) is 0 Å². The van der Waals surface area contributed by atoms with Crippen molar-refractivity contribution in [3.05, 3.63) is 46.3 Å². The van der Waals surface area contributed by atoms with E-state index in [2.05, 4.69) is 31.4 Å². The number of primary amides is 1. The van der Waals surface area contributed by atoms with E-state index in [4.69, 9.17) is 22.7 Å². The molecule has 0 unspecified atom stereocenters. The molecule has 0 radical (unpaired) electrons. The summed E-state index contributed by atoms with van der Waals surface area (Å²) in [4.78, 5) is 25.4. The molecule has 0 spiro atoms. The summed E-state index contributed by atoms with van der Waals surface area (Å²) < 4.78 is 5.42. The summed E-state index contributed by atoms with van der Waals surface area (Å²) in [5.41, 5.74) is 7.37. The highest BCUT2D eigenvalue weighted by molar-refractivity contribution is 7.80. The fourth-order valence-corrected chi connectivity index (χ4v) is 5.25. The first-order valence-corrected chi connectivity index (χ1v) is 11.1. The lowest BCUT2D eigenvalue weighted by Crippen LogP contribution is -2.37. The lowest BCUT2D eigenvalue weighted by Gasteiger charge is -2.33. The van der Waals surface area contributed by atoms with E-state index in [0.29, 0.717) is 22.2 Å². The molecule has 0 bridgehead atoms. The van der Waals surface area contributed by atoms with Gasteiger partial charge in [0.25, 0.3) is 11.8 Å². The number of rotatable bonds is 5. The summed E-state index contributed by atoms with van der Waals surface area (Å²) in [7, 11) is 0. The van der Waals surface area contributed by atoms with Crippen LogP contribution < -0.4 is 21.1 Å². The molecule has 1 heterocycles. The number of para-hydroxylation sites is 1. The van der Waals surface area contributed by atoms with Crippen LogP contribution in [-0.2, 0) is 17.6 Å². The van der Waals surface area contributed by atoms with E-state index in [-0.39, 0.29) is 23.0 Å². The van der Waals surface area contributed by atoms with Gasteiger partial charge < -0.3 is 15.8 Å². The van der Waals surface area contributed by atoms with E-state index in [1.807, 2.05) is 18.2 Å². The van der Waals surface area contributed by atoms with Crippen LogP contribution in [0.25, 0.3) is 0 Å². The Morgan fingerprint density at radius 1 is 1.27 bits per heavy atom. The van der Waals surface area contributed by atoms with Crippen molar-refractivity contribution in [3.8, 4) is 5.75 Å². The summed E-state index contributed by atoms with van der Waals surface area (Å²) in [6.07, 6.45) is 2.75. The molecule has 8 heteroatoms. The van der Waals surface area contributed by atoms with E-state index in [1.165, 1.54) is 16.2 Å². The predicted molar refractivity (Wildman–Crippen MR) is 124 cm³/mol. The van der Waals surface area contributed by atoms with E-state index < -0.39 is 5.91 Å². The first-order chi connectivity index (χ1) is 14.1. The van der Waals surface area contributed by atoms with Gasteiger partial charge in [0.2, 0.25) is 0 Å². The van der Waals surface area contributed by atoms with Gasteiger partial charge in [-0.25, -0.2) is 0 Å². The van der Waals surface area contributed by atoms with Crippen LogP contribution in [0.3, 0.4) is 0 Å². The zero-order valence-electron chi connectivity index (χ0n) is 17.4. The second kappa shape index (κ2) is 9.14. The van der Waals surface area contributed by atoms with Crippen LogP contribution in [0.1, 0.15) is 48.0 Å². The number of thiocarbonyl (C=S) groups is 1. The third-order valence-corrected chi connectivity index (χ3v) is 6.70. The standard InChI is InChI=1S/C22H27N3O3S2/c1-22(2,3)13-9-10-15-16(11-13)30-20(18(15)19(23)27)25-21(29)24-17(26)12-28-14-7-5-4-6-8-14/h4-8,13H,9-12H2,1-3H3,(H2,23,27)(H2,24,25,26,29)/t13-/m0/s1. The Hall–Kier alpha value is -2.45. The van der Waals surface area contributed by atoms with Crippen molar-refractivity contribution in [2.24, 2.45) is 17.1 Å². The lowest BCUT2D eigenvalue weighted by atomic mass is 9.72. The number of fused-ring (bicyclic) bond motifs is 1. The van der Waals surface area contributed by atoms with Gasteiger partial charge >= 0.3 is 0 Å². The molecule has 0 aliphatic heterocycles. The van der Waals surface area contributed by atoms with Crippen LogP contribution in [0, 0.1) is 11.3 Å². The van der Waals surface area contributed by atoms with Gasteiger partial charge in [0, 0.05) is 4.88 Å². The third-order valence-electron chi connectivity index (χ3n) is 5.33. The molecule has 2 aromatic rings. The summed E-state index contributed by atoms with van der Waals surface area (Å²) in [6, 6.07) is 9.06. The van der Waals surface area contributed by atoms with Gasteiger partial charge in [-0.1, -0.05) is 39.0 Å². The van der Waals surface area contributed by atoms with Crippen LogP contribution in [0.5, 0.6) is 5.75 Å². The monoisotopic (exact) mass is 445 g/mol. The summed E-state index contributed by atoms with van der Waals surface area (Å²) in [5.74, 6) is 0.276. The normalized spacial score (nSPS) is 15.8. The summed E-state index contributed by atoms with van der Waals surface area (Å²) in [6.45, 7) is 6.56. The van der Waals surface area contributed by atoms with Gasteiger partial charge in [0.1, 0.15) is 10.8 Å². The smallest absolute Gasteiger partial charge is 0.264 e. The number of carbonyl (C=O) groups excluding carboxylic acids is 2. The molecule has 1 aromatic carbocycles. The second-order valence-corrected chi connectivity index (χ2v) is 10.00. The molecule has 1 atom stereocenters. The van der Waals surface area contributed by atoms with E-state index in [9.17, 15) is 9.59 Å². The van der Waals surface area contributed by atoms with Crippen LogP contribution in [-0.4, -0.2) is 23.5 Å². The first-order valence-electron chi connectivity index (χ1n) is 9.88. The van der Waals surface area contributed by atoms with E-state index in [1.54, 1.807) is 12.1 Å². The number of ether oxygens (including phenoxy) is 1. The van der Waals surface area contributed by atoms with Crippen LogP contribution in [0.2, 0.25) is 0 Å². The molecule has 0 saturated heterocycles. The SMILES string of the molecule is CC(C)(C)[C@H]1CCc2c(sc(NC(=S)NC(=O)COc3ccccc3)c2C(N)=O)C1. The van der Waals surface area contributed by atoms with Gasteiger partial charge in [-0.3, -0.25) is 14.9 Å². The molecule has 4 N–H and O–H groups in total. The minimum atomic E-state index is -0.481. The second-order valence-electron chi connectivity index (χ2n) is 8.48. The van der Waals surface area contributed by atoms with E-state index in [0.717, 1.165) is 24.8 Å². The number of amides is 2. The van der Waals surface area contributed by atoms with Crippen molar-refractivity contribution in [2.45, 2.75) is 40.0 Å². The zero-order chi connectivity index (χ0) is 21.9. The van der Waals surface area contributed by atoms with Crippen molar-refractivity contribution in [1.82, 2.24) is 5.32 Å². The molecule has 160 valence electrons. The maximum atomic E-state index is 12.1. The fraction of sp³-hybridized carbons (Fsp3) is 0.409. The maximum absolute atomic E-state index is 12.1. The molecule has 30 heavy (non-hydrogen) atoms. The molecule has 3 rings (SSSR count). The Morgan fingerprint density at radius 3 is 2.60 bits per heavy atom. The number of anilines is 1. The van der Waals surface area contributed by atoms with Crippen molar-refractivity contribution >= 4 is 45.5 Å². The Labute approximate surface area is 186 Å². The lowest BCUT2D eigenvalue weighted by molar-refractivity contribution is -0.121. The van der Waals surface area contributed by atoms with Crippen molar-refractivity contribution in [1.29, 1.82) is 0 Å². The highest BCUT2D eigenvalue weighted by Gasteiger charge is 2.33. The third kappa shape index (κ3) is 5.37. The number of hydrogen-bond acceptors (Lipinski definition) is 5. The average molecular weight is 446 g/mol. The first kappa shape index (κ1) is 22.2. The number of carbonyl (C=O) groups is 2. The summed E-state index contributed by atoms with van der Waals surface area (Å²) in [5, 5.41) is 6.29. The Morgan fingerprint density at radius 2 is 1.97 bits per heavy atom. The van der Waals surface area contributed by atoms with Crippen molar-refractivity contribution < 1.29 is 14.3 Å². The Balaban J connectivity index is 1.66. The quantitative estimate of drug-likeness (QED) is 0.607. The molecular formula is C22H27N3O3S2. The molecule has 0 saturated carbocycles. The number of benzene rings is 1. The van der Waals surface area contributed by atoms with Crippen LogP contribution in [0.15, 0.2) is 30.3 Å². The van der Waals surface area contributed by atoms with Crippen LogP contribution >= 0.6 is 23.6 Å². The minimum Gasteiger partial charge on any atom is -0.484 e. The molecule has 1 aliphatic carbocycles. The molecule has 1 aromatic heterocycles. The van der Waals surface area contributed by atoms with Gasteiger partial charge in [-0.2, -0.15) is 0 Å². The van der Waals surface area contributed by atoms with Gasteiger partial charge in [0.15, 0.2) is 11.7 Å². The molecule has 6 nitrogen and oxygen atoms in total. The maximum Gasteiger partial charge on any atom is 0.264 e. The minimum absolute atomic E-state index is 0.116. The Kier molecular flexibility index (Phi) is 6.77. The van der Waals surface area contributed by atoms with E-state index >= 15 is 0 Å². The fourth-order valence-electron chi connectivity index (χ4n) is 3.64. The van der Waals surface area contributed by atoms with Gasteiger partial charge in [-0.05, 0) is 60.5 Å². The molecule has 2 amide bonds. The number of thiophene rings is 1. The van der Waals surface area contributed by atoms with Gasteiger partial charge in [-0.15, -0.1) is 11.3 Å². The number of nitrogens with two attached hydrogens (primary N) is 1. The number of hydrogen-bond donors (Lipinski definition) is 3. The van der Waals surface area contributed by atoms with Crippen molar-refractivity contribution in [2.75, 3.05) is 11.9 Å². The largest absolute Gasteiger partial charge is 0.484 e. The van der Waals surface area contributed by atoms with Gasteiger partial charge in [0.05, 0.1) is 5.56 Å². The molecular weight excluding hydrogens is 418 g/mol. The Bertz CT molecular complexity index is 949. The zero-order valence-corrected chi connectivity index (χ0v) is 19.0.